The van der Waals surface area contributed by atoms with E-state index in [1.807, 2.05) is 6.20 Å². The van der Waals surface area contributed by atoms with Gasteiger partial charge in [0.25, 0.3) is 0 Å². The predicted molar refractivity (Wildman–Crippen MR) is 72.2 cm³/mol. The number of aromatic nitrogens is 1. The minimum atomic E-state index is 0.0626. The molecule has 1 N–H and O–H groups in total. The summed E-state index contributed by atoms with van der Waals surface area (Å²) >= 11 is 9.52. The van der Waals surface area contributed by atoms with Gasteiger partial charge in [0, 0.05) is 16.5 Å². The lowest BCUT2D eigenvalue weighted by atomic mass is 10.00. The molecule has 0 amide bonds. The molecule has 1 saturated carbocycles. The Hall–Kier alpha value is -0.280. The first-order valence-corrected chi connectivity index (χ1v) is 6.94. The molecule has 0 atom stereocenters. The zero-order valence-corrected chi connectivity index (χ0v) is 11.7. The average Bonchev–Trinajstić information content (AvgIpc) is 2.72. The maximum Gasteiger partial charge on any atom is 0.129 e. The van der Waals surface area contributed by atoms with Crippen molar-refractivity contribution in [2.24, 2.45) is 0 Å². The third-order valence-electron chi connectivity index (χ3n) is 3.24. The van der Waals surface area contributed by atoms with Gasteiger partial charge in [0.1, 0.15) is 5.82 Å². The summed E-state index contributed by atoms with van der Waals surface area (Å²) in [5.41, 5.74) is 1.22. The Bertz CT molecular complexity index is 375. The van der Waals surface area contributed by atoms with Crippen LogP contribution < -0.4 is 5.32 Å². The van der Waals surface area contributed by atoms with Gasteiger partial charge in [-0.1, -0.05) is 12.8 Å². The highest BCUT2D eigenvalue weighted by atomic mass is 79.9. The number of halogens is 2. The Balaban J connectivity index is 2.19. The molecule has 1 fully saturated rings. The van der Waals surface area contributed by atoms with Crippen LogP contribution in [-0.4, -0.2) is 16.4 Å². The van der Waals surface area contributed by atoms with Gasteiger partial charge in [-0.3, -0.25) is 0 Å². The van der Waals surface area contributed by atoms with Crippen LogP contribution in [0.1, 0.15) is 31.2 Å². The van der Waals surface area contributed by atoms with Crippen molar-refractivity contribution >= 4 is 33.3 Å². The number of alkyl halides is 1. The van der Waals surface area contributed by atoms with Gasteiger partial charge in [0.15, 0.2) is 0 Å². The molecule has 88 valence electrons. The SMILES string of the molecule is Cc1cc(Br)cnc1NC1(CCl)CCCC1. The quantitative estimate of drug-likeness (QED) is 0.850. The highest BCUT2D eigenvalue weighted by Crippen LogP contribution is 2.34. The maximum absolute atomic E-state index is 6.10. The molecule has 2 rings (SSSR count). The zero-order chi connectivity index (χ0) is 11.6. The molecule has 1 aliphatic carbocycles. The van der Waals surface area contributed by atoms with E-state index in [1.165, 1.54) is 12.8 Å². The second kappa shape index (κ2) is 4.92. The van der Waals surface area contributed by atoms with Crippen LogP contribution in [0.2, 0.25) is 0 Å². The second-order valence-corrected chi connectivity index (χ2v) is 5.75. The van der Waals surface area contributed by atoms with Gasteiger partial charge in [0.2, 0.25) is 0 Å². The van der Waals surface area contributed by atoms with Crippen LogP contribution in [0.25, 0.3) is 0 Å². The van der Waals surface area contributed by atoms with E-state index in [4.69, 9.17) is 11.6 Å². The first-order chi connectivity index (χ1) is 7.65. The first kappa shape index (κ1) is 12.2. The molecule has 0 saturated heterocycles. The van der Waals surface area contributed by atoms with Crippen molar-refractivity contribution in [3.05, 3.63) is 22.3 Å². The van der Waals surface area contributed by atoms with Crippen LogP contribution in [0.3, 0.4) is 0 Å². The minimum Gasteiger partial charge on any atom is -0.363 e. The molecule has 16 heavy (non-hydrogen) atoms. The highest BCUT2D eigenvalue weighted by Gasteiger charge is 2.33. The van der Waals surface area contributed by atoms with E-state index in [9.17, 15) is 0 Å². The average molecular weight is 304 g/mol. The Morgan fingerprint density at radius 3 is 2.75 bits per heavy atom. The van der Waals surface area contributed by atoms with Gasteiger partial charge >= 0.3 is 0 Å². The fourth-order valence-electron chi connectivity index (χ4n) is 2.27. The van der Waals surface area contributed by atoms with E-state index in [-0.39, 0.29) is 5.54 Å². The van der Waals surface area contributed by atoms with Crippen LogP contribution in [0.4, 0.5) is 5.82 Å². The third-order valence-corrected chi connectivity index (χ3v) is 4.19. The molecule has 0 radical (unpaired) electrons. The lowest BCUT2D eigenvalue weighted by molar-refractivity contribution is 0.537. The highest BCUT2D eigenvalue weighted by molar-refractivity contribution is 9.10. The number of nitrogens with zero attached hydrogens (tertiary/aromatic N) is 1. The lowest BCUT2D eigenvalue weighted by Crippen LogP contribution is -2.37. The van der Waals surface area contributed by atoms with Crippen molar-refractivity contribution < 1.29 is 0 Å². The van der Waals surface area contributed by atoms with Crippen molar-refractivity contribution in [2.45, 2.75) is 38.1 Å². The topological polar surface area (TPSA) is 24.9 Å². The molecule has 1 aromatic rings. The molecule has 0 aromatic carbocycles. The molecular weight excluding hydrogens is 288 g/mol. The summed E-state index contributed by atoms with van der Waals surface area (Å²) in [5, 5.41) is 3.54. The second-order valence-electron chi connectivity index (χ2n) is 4.57. The molecular formula is C12H16BrClN2. The standard InChI is InChI=1S/C12H16BrClN2/c1-9-6-10(13)7-15-11(9)16-12(8-14)4-2-3-5-12/h6-7H,2-5,8H2,1H3,(H,15,16). The molecule has 0 spiro atoms. The number of nitrogens with one attached hydrogen (secondary N) is 1. The normalized spacial score (nSPS) is 18.7. The maximum atomic E-state index is 6.10. The molecule has 2 nitrogen and oxygen atoms in total. The number of anilines is 1. The van der Waals surface area contributed by atoms with E-state index in [0.29, 0.717) is 5.88 Å². The van der Waals surface area contributed by atoms with Gasteiger partial charge in [-0.2, -0.15) is 0 Å². The number of pyridine rings is 1. The van der Waals surface area contributed by atoms with Crippen molar-refractivity contribution in [3.63, 3.8) is 0 Å². The van der Waals surface area contributed by atoms with Crippen LogP contribution in [0.15, 0.2) is 16.7 Å². The van der Waals surface area contributed by atoms with Gasteiger partial charge in [-0.15, -0.1) is 11.6 Å². The predicted octanol–water partition coefficient (Wildman–Crippen LogP) is 4.12. The Morgan fingerprint density at radius 1 is 1.50 bits per heavy atom. The van der Waals surface area contributed by atoms with E-state index in [0.717, 1.165) is 28.7 Å². The number of hydrogen-bond acceptors (Lipinski definition) is 2. The molecule has 0 unspecified atom stereocenters. The number of aryl methyl sites for hydroxylation is 1. The van der Waals surface area contributed by atoms with Gasteiger partial charge in [0.05, 0.1) is 5.54 Å². The number of hydrogen-bond donors (Lipinski definition) is 1. The fourth-order valence-corrected chi connectivity index (χ4v) is 3.05. The Kier molecular flexibility index (Phi) is 3.75. The van der Waals surface area contributed by atoms with Crippen LogP contribution in [-0.2, 0) is 0 Å². The lowest BCUT2D eigenvalue weighted by Gasteiger charge is -2.29. The first-order valence-electron chi connectivity index (χ1n) is 5.61. The molecule has 0 bridgehead atoms. The van der Waals surface area contributed by atoms with E-state index < -0.39 is 0 Å². The molecule has 4 heteroatoms. The Morgan fingerprint density at radius 2 is 2.19 bits per heavy atom. The van der Waals surface area contributed by atoms with E-state index in [1.54, 1.807) is 0 Å². The van der Waals surface area contributed by atoms with Crippen LogP contribution in [0, 0.1) is 6.92 Å². The van der Waals surface area contributed by atoms with E-state index in [2.05, 4.69) is 39.2 Å². The summed E-state index contributed by atoms with van der Waals surface area (Å²) in [7, 11) is 0. The van der Waals surface area contributed by atoms with E-state index >= 15 is 0 Å². The Labute approximate surface area is 110 Å². The van der Waals surface area contributed by atoms with Crippen molar-refractivity contribution in [1.82, 2.24) is 4.98 Å². The summed E-state index contributed by atoms with van der Waals surface area (Å²) in [6, 6.07) is 2.08. The molecule has 1 aromatic heterocycles. The van der Waals surface area contributed by atoms with Crippen molar-refractivity contribution in [2.75, 3.05) is 11.2 Å². The van der Waals surface area contributed by atoms with Gasteiger partial charge in [-0.25, -0.2) is 4.98 Å². The smallest absolute Gasteiger partial charge is 0.129 e. The zero-order valence-electron chi connectivity index (χ0n) is 9.39. The molecule has 1 heterocycles. The van der Waals surface area contributed by atoms with Crippen molar-refractivity contribution in [1.29, 1.82) is 0 Å². The molecule has 0 aliphatic heterocycles. The van der Waals surface area contributed by atoms with Crippen LogP contribution >= 0.6 is 27.5 Å². The number of rotatable bonds is 3. The summed E-state index contributed by atoms with van der Waals surface area (Å²) in [6.07, 6.45) is 6.64. The summed E-state index contributed by atoms with van der Waals surface area (Å²) in [6.45, 7) is 2.07. The molecule has 1 aliphatic rings. The minimum absolute atomic E-state index is 0.0626. The monoisotopic (exact) mass is 302 g/mol. The van der Waals surface area contributed by atoms with Crippen molar-refractivity contribution in [3.8, 4) is 0 Å². The van der Waals surface area contributed by atoms with Crippen LogP contribution in [0.5, 0.6) is 0 Å². The largest absolute Gasteiger partial charge is 0.363 e. The van der Waals surface area contributed by atoms with Gasteiger partial charge < -0.3 is 5.32 Å². The third kappa shape index (κ3) is 2.51. The summed E-state index contributed by atoms with van der Waals surface area (Å²) in [4.78, 5) is 4.42. The fraction of sp³-hybridized carbons (Fsp3) is 0.583. The summed E-state index contributed by atoms with van der Waals surface area (Å²) in [5.74, 6) is 1.62. The summed E-state index contributed by atoms with van der Waals surface area (Å²) < 4.78 is 1.02. The van der Waals surface area contributed by atoms with Gasteiger partial charge in [-0.05, 0) is 47.3 Å².